The van der Waals surface area contributed by atoms with Crippen molar-refractivity contribution < 1.29 is 9.90 Å². The molecule has 1 saturated carbocycles. The van der Waals surface area contributed by atoms with E-state index in [1.807, 2.05) is 11.8 Å². The lowest BCUT2D eigenvalue weighted by molar-refractivity contribution is -0.131. The van der Waals surface area contributed by atoms with Crippen molar-refractivity contribution in [3.8, 4) is 0 Å². The fourth-order valence-electron chi connectivity index (χ4n) is 3.17. The van der Waals surface area contributed by atoms with Crippen molar-refractivity contribution in [3.05, 3.63) is 24.3 Å². The summed E-state index contributed by atoms with van der Waals surface area (Å²) in [4.78, 5) is 22.3. The van der Waals surface area contributed by atoms with E-state index < -0.39 is 5.60 Å². The molecule has 2 heterocycles. The molecule has 0 aromatic carbocycles. The molecule has 1 aromatic rings. The van der Waals surface area contributed by atoms with Crippen molar-refractivity contribution in [3.63, 3.8) is 0 Å². The molecule has 0 radical (unpaired) electrons. The number of likely N-dealkylation sites (tertiary alicyclic amines) is 1. The van der Waals surface area contributed by atoms with E-state index in [1.54, 1.807) is 18.6 Å². The summed E-state index contributed by atoms with van der Waals surface area (Å²) in [7, 11) is 0. The van der Waals surface area contributed by atoms with E-state index in [0.29, 0.717) is 31.8 Å². The maximum atomic E-state index is 12.3. The number of rotatable bonds is 4. The Morgan fingerprint density at radius 1 is 1.50 bits per heavy atom. The van der Waals surface area contributed by atoms with Gasteiger partial charge in [0.05, 0.1) is 11.3 Å². The van der Waals surface area contributed by atoms with Gasteiger partial charge in [0, 0.05) is 44.0 Å². The monoisotopic (exact) mass is 275 g/mol. The van der Waals surface area contributed by atoms with E-state index >= 15 is 0 Å². The third-order valence-corrected chi connectivity index (χ3v) is 4.64. The Morgan fingerprint density at radius 2 is 2.30 bits per heavy atom. The average Bonchev–Trinajstić information content (AvgIpc) is 3.26. The normalized spacial score (nSPS) is 29.7. The molecule has 5 nitrogen and oxygen atoms in total. The minimum Gasteiger partial charge on any atom is -0.387 e. The van der Waals surface area contributed by atoms with Crippen LogP contribution in [0.4, 0.5) is 0 Å². The third-order valence-electron chi connectivity index (χ3n) is 4.64. The van der Waals surface area contributed by atoms with Crippen LogP contribution in [0.15, 0.2) is 18.6 Å². The molecule has 1 amide bonds. The lowest BCUT2D eigenvalue weighted by Gasteiger charge is -2.26. The van der Waals surface area contributed by atoms with Gasteiger partial charge in [0.1, 0.15) is 0 Å². The molecule has 0 bridgehead atoms. The molecular weight excluding hydrogens is 254 g/mol. The molecule has 2 fully saturated rings. The second-order valence-corrected chi connectivity index (χ2v) is 6.14. The van der Waals surface area contributed by atoms with Gasteiger partial charge in [-0.05, 0) is 25.2 Å². The summed E-state index contributed by atoms with van der Waals surface area (Å²) in [6, 6.07) is 0. The molecule has 20 heavy (non-hydrogen) atoms. The van der Waals surface area contributed by atoms with Gasteiger partial charge in [-0.3, -0.25) is 14.8 Å². The highest BCUT2D eigenvalue weighted by Gasteiger charge is 2.53. The quantitative estimate of drug-likeness (QED) is 0.891. The molecule has 1 aliphatic heterocycles. The predicted octanol–water partition coefficient (Wildman–Crippen LogP) is 1.03. The van der Waals surface area contributed by atoms with Crippen molar-refractivity contribution in [2.24, 2.45) is 11.8 Å². The molecule has 1 N–H and O–H groups in total. The highest BCUT2D eigenvalue weighted by Crippen LogP contribution is 2.47. The molecule has 1 aromatic heterocycles. The molecule has 5 heteroatoms. The summed E-state index contributed by atoms with van der Waals surface area (Å²) >= 11 is 0. The standard InChI is InChI=1S/C15H21N3O2/c1-11-9-18(10-15(11,20)12-2-3-12)14(19)5-4-13-8-16-6-7-17-13/h6-8,11-12,20H,2-5,9-10H2,1H3/t11-,15+/m1/s1. The summed E-state index contributed by atoms with van der Waals surface area (Å²) in [5.41, 5.74) is 0.188. The first-order chi connectivity index (χ1) is 9.59. The van der Waals surface area contributed by atoms with Crippen molar-refractivity contribution in [1.82, 2.24) is 14.9 Å². The second-order valence-electron chi connectivity index (χ2n) is 6.14. The highest BCUT2D eigenvalue weighted by atomic mass is 16.3. The molecule has 0 unspecified atom stereocenters. The SMILES string of the molecule is C[C@@H]1CN(C(=O)CCc2cnccn2)C[C@@]1(O)C1CC1. The van der Waals surface area contributed by atoms with Crippen LogP contribution >= 0.6 is 0 Å². The summed E-state index contributed by atoms with van der Waals surface area (Å²) in [6.45, 7) is 3.22. The fraction of sp³-hybridized carbons (Fsp3) is 0.667. The molecule has 2 atom stereocenters. The van der Waals surface area contributed by atoms with Crippen molar-refractivity contribution in [1.29, 1.82) is 0 Å². The number of carbonyl (C=O) groups excluding carboxylic acids is 1. The average molecular weight is 275 g/mol. The van der Waals surface area contributed by atoms with Crippen LogP contribution in [0.3, 0.4) is 0 Å². The van der Waals surface area contributed by atoms with Gasteiger partial charge in [-0.1, -0.05) is 6.92 Å². The van der Waals surface area contributed by atoms with Gasteiger partial charge in [-0.2, -0.15) is 0 Å². The summed E-state index contributed by atoms with van der Waals surface area (Å²) in [6.07, 6.45) is 8.21. The zero-order valence-corrected chi connectivity index (χ0v) is 11.8. The van der Waals surface area contributed by atoms with Gasteiger partial charge in [-0.25, -0.2) is 0 Å². The van der Waals surface area contributed by atoms with Crippen LogP contribution in [0.5, 0.6) is 0 Å². The van der Waals surface area contributed by atoms with E-state index in [1.165, 1.54) is 0 Å². The van der Waals surface area contributed by atoms with Gasteiger partial charge in [0.15, 0.2) is 0 Å². The van der Waals surface area contributed by atoms with Crippen LogP contribution in [0.2, 0.25) is 0 Å². The Hall–Kier alpha value is -1.49. The minimum atomic E-state index is -0.651. The number of β-amino-alcohol motifs (C(OH)–C–C–N with tert-alkyl or cyclic N) is 1. The Labute approximate surface area is 119 Å². The molecule has 3 rings (SSSR count). The molecule has 1 aliphatic carbocycles. The van der Waals surface area contributed by atoms with Crippen molar-refractivity contribution >= 4 is 5.91 Å². The number of aryl methyl sites for hydroxylation is 1. The van der Waals surface area contributed by atoms with E-state index in [9.17, 15) is 9.90 Å². The predicted molar refractivity (Wildman–Crippen MR) is 73.8 cm³/mol. The third kappa shape index (κ3) is 2.54. The smallest absolute Gasteiger partial charge is 0.223 e. The lowest BCUT2D eigenvalue weighted by atomic mass is 9.88. The van der Waals surface area contributed by atoms with Crippen LogP contribution in [0.25, 0.3) is 0 Å². The second kappa shape index (κ2) is 5.13. The van der Waals surface area contributed by atoms with Crippen LogP contribution in [-0.4, -0.2) is 44.6 Å². The van der Waals surface area contributed by atoms with Crippen LogP contribution in [0.1, 0.15) is 31.9 Å². The first-order valence-electron chi connectivity index (χ1n) is 7.34. The van der Waals surface area contributed by atoms with Gasteiger partial charge >= 0.3 is 0 Å². The number of aliphatic hydroxyl groups is 1. The molecule has 108 valence electrons. The topological polar surface area (TPSA) is 66.3 Å². The molecule has 2 aliphatic rings. The van der Waals surface area contributed by atoms with E-state index in [0.717, 1.165) is 18.5 Å². The van der Waals surface area contributed by atoms with Crippen LogP contribution in [-0.2, 0) is 11.2 Å². The number of nitrogens with zero attached hydrogens (tertiary/aromatic N) is 3. The number of carbonyl (C=O) groups is 1. The maximum Gasteiger partial charge on any atom is 0.223 e. The minimum absolute atomic E-state index is 0.110. The zero-order valence-electron chi connectivity index (χ0n) is 11.8. The Balaban J connectivity index is 1.56. The molecule has 1 saturated heterocycles. The summed E-state index contributed by atoms with van der Waals surface area (Å²) < 4.78 is 0. The van der Waals surface area contributed by atoms with Crippen molar-refractivity contribution in [2.45, 2.75) is 38.2 Å². The molecule has 0 spiro atoms. The number of amides is 1. The first-order valence-corrected chi connectivity index (χ1v) is 7.34. The Morgan fingerprint density at radius 3 is 2.95 bits per heavy atom. The number of hydrogen-bond acceptors (Lipinski definition) is 4. The largest absolute Gasteiger partial charge is 0.387 e. The van der Waals surface area contributed by atoms with Crippen LogP contribution in [0, 0.1) is 11.8 Å². The first kappa shape index (κ1) is 13.5. The van der Waals surface area contributed by atoms with Gasteiger partial charge in [0.2, 0.25) is 5.91 Å². The number of hydrogen-bond donors (Lipinski definition) is 1. The maximum absolute atomic E-state index is 12.3. The lowest BCUT2D eigenvalue weighted by Crippen LogP contribution is -2.40. The van der Waals surface area contributed by atoms with E-state index in [4.69, 9.17) is 0 Å². The van der Waals surface area contributed by atoms with Gasteiger partial charge in [0.25, 0.3) is 0 Å². The van der Waals surface area contributed by atoms with Crippen LogP contribution < -0.4 is 0 Å². The van der Waals surface area contributed by atoms with Crippen molar-refractivity contribution in [2.75, 3.05) is 13.1 Å². The Bertz CT molecular complexity index is 489. The van der Waals surface area contributed by atoms with Gasteiger partial charge in [-0.15, -0.1) is 0 Å². The zero-order chi connectivity index (χ0) is 14.2. The highest BCUT2D eigenvalue weighted by molar-refractivity contribution is 5.77. The van der Waals surface area contributed by atoms with Gasteiger partial charge < -0.3 is 10.0 Å². The molecular formula is C15H21N3O2. The van der Waals surface area contributed by atoms with E-state index in [2.05, 4.69) is 9.97 Å². The number of aromatic nitrogens is 2. The summed E-state index contributed by atoms with van der Waals surface area (Å²) in [5.74, 6) is 0.685. The summed E-state index contributed by atoms with van der Waals surface area (Å²) in [5, 5.41) is 10.7. The fourth-order valence-corrected chi connectivity index (χ4v) is 3.17. The van der Waals surface area contributed by atoms with E-state index in [-0.39, 0.29) is 11.8 Å². The Kier molecular flexibility index (Phi) is 3.46.